The first-order valence-electron chi connectivity index (χ1n) is 18.7. The van der Waals surface area contributed by atoms with Gasteiger partial charge in [-0.05, 0) is 65.3 Å². The van der Waals surface area contributed by atoms with Crippen molar-refractivity contribution in [3.8, 4) is 11.5 Å². The number of aromatic hydroxyl groups is 2. The molecular formula is C43H48N4O8. The van der Waals surface area contributed by atoms with Crippen molar-refractivity contribution in [2.75, 3.05) is 19.7 Å². The van der Waals surface area contributed by atoms with Crippen LogP contribution in [0.1, 0.15) is 42.5 Å². The van der Waals surface area contributed by atoms with E-state index in [9.17, 15) is 29.4 Å². The first kappa shape index (κ1) is 38.8. The van der Waals surface area contributed by atoms with Gasteiger partial charge in [0.25, 0.3) is 5.91 Å². The molecule has 4 amide bonds. The van der Waals surface area contributed by atoms with E-state index in [4.69, 9.17) is 9.57 Å². The van der Waals surface area contributed by atoms with E-state index in [1.165, 1.54) is 34.1 Å². The summed E-state index contributed by atoms with van der Waals surface area (Å²) in [5.74, 6) is -1.20. The van der Waals surface area contributed by atoms with Gasteiger partial charge in [-0.15, -0.1) is 0 Å². The summed E-state index contributed by atoms with van der Waals surface area (Å²) in [4.78, 5) is 66.6. The average Bonchev–Trinajstić information content (AvgIpc) is 3.18. The van der Waals surface area contributed by atoms with E-state index < -0.39 is 48.2 Å². The van der Waals surface area contributed by atoms with E-state index in [1.807, 2.05) is 74.5 Å². The minimum atomic E-state index is -1.13. The third-order valence-electron chi connectivity index (χ3n) is 9.92. The van der Waals surface area contributed by atoms with Crippen LogP contribution in [0.5, 0.6) is 11.5 Å². The summed E-state index contributed by atoms with van der Waals surface area (Å²) in [6, 6.07) is 29.9. The van der Waals surface area contributed by atoms with Gasteiger partial charge in [-0.2, -0.15) is 5.06 Å². The quantitative estimate of drug-likeness (QED) is 0.163. The van der Waals surface area contributed by atoms with E-state index in [-0.39, 0.29) is 49.8 Å². The van der Waals surface area contributed by atoms with E-state index >= 15 is 0 Å². The van der Waals surface area contributed by atoms with E-state index in [0.29, 0.717) is 30.5 Å². The maximum absolute atomic E-state index is 14.9. The summed E-state index contributed by atoms with van der Waals surface area (Å²) in [5, 5.41) is 24.1. The molecule has 12 heteroatoms. The first-order chi connectivity index (χ1) is 26.6. The molecule has 4 atom stereocenters. The minimum absolute atomic E-state index is 0.0169. The van der Waals surface area contributed by atoms with Crippen molar-refractivity contribution in [2.24, 2.45) is 5.92 Å². The Morgan fingerprint density at radius 2 is 1.36 bits per heavy atom. The van der Waals surface area contributed by atoms with Gasteiger partial charge in [-0.25, -0.2) is 4.79 Å². The van der Waals surface area contributed by atoms with Crippen molar-refractivity contribution in [1.82, 2.24) is 20.2 Å². The van der Waals surface area contributed by atoms with Crippen LogP contribution in [0.25, 0.3) is 0 Å². The molecule has 2 saturated heterocycles. The number of amides is 4. The van der Waals surface area contributed by atoms with Crippen LogP contribution in [0.2, 0.25) is 0 Å². The van der Waals surface area contributed by atoms with Crippen LogP contribution in [0, 0.1) is 5.92 Å². The van der Waals surface area contributed by atoms with Crippen LogP contribution in [-0.2, 0) is 49.6 Å². The fourth-order valence-electron chi connectivity index (χ4n) is 7.09. The van der Waals surface area contributed by atoms with E-state index in [1.54, 1.807) is 24.3 Å². The summed E-state index contributed by atoms with van der Waals surface area (Å²) in [6.45, 7) is 4.00. The SMILES string of the molecule is CC(C)C[C@H]1ON(C(=O)OCCc2ccccc2)C2CN([C@@H](Cc3ccc(O)cc3)C(=O)NCCc3ccccc3)C(=O)[C@H](Cc3ccc(O)cc3)N2C1=O. The van der Waals surface area contributed by atoms with Crippen LogP contribution in [0.3, 0.4) is 0 Å². The lowest BCUT2D eigenvalue weighted by atomic mass is 9.94. The second-order valence-corrected chi connectivity index (χ2v) is 14.4. The number of nitrogens with one attached hydrogen (secondary N) is 1. The van der Waals surface area contributed by atoms with Crippen LogP contribution >= 0.6 is 0 Å². The smallest absolute Gasteiger partial charge is 0.436 e. The summed E-state index contributed by atoms with van der Waals surface area (Å²) >= 11 is 0. The molecule has 12 nitrogen and oxygen atoms in total. The number of nitrogens with zero attached hydrogens (tertiary/aromatic N) is 3. The Morgan fingerprint density at radius 1 is 0.782 bits per heavy atom. The maximum atomic E-state index is 14.9. The molecule has 6 rings (SSSR count). The molecule has 0 bridgehead atoms. The molecule has 3 N–H and O–H groups in total. The highest BCUT2D eigenvalue weighted by atomic mass is 16.7. The molecule has 288 valence electrons. The fraction of sp³-hybridized carbons (Fsp3) is 0.349. The first-order valence-corrected chi connectivity index (χ1v) is 18.7. The zero-order chi connectivity index (χ0) is 38.9. The summed E-state index contributed by atoms with van der Waals surface area (Å²) in [7, 11) is 0. The number of hydroxylamine groups is 2. The number of fused-ring (bicyclic) bond motifs is 1. The molecule has 4 aromatic rings. The fourth-order valence-corrected chi connectivity index (χ4v) is 7.09. The van der Waals surface area contributed by atoms with Gasteiger partial charge in [-0.1, -0.05) is 98.8 Å². The highest BCUT2D eigenvalue weighted by Gasteiger charge is 2.55. The van der Waals surface area contributed by atoms with Gasteiger partial charge in [0.1, 0.15) is 23.6 Å². The summed E-state index contributed by atoms with van der Waals surface area (Å²) < 4.78 is 5.75. The molecule has 0 aromatic heterocycles. The molecular weight excluding hydrogens is 700 g/mol. The molecule has 0 radical (unpaired) electrons. The Kier molecular flexibility index (Phi) is 12.7. The molecule has 2 aliphatic heterocycles. The number of piperazine rings is 1. The summed E-state index contributed by atoms with van der Waals surface area (Å²) in [6.07, 6.45) is -1.56. The van der Waals surface area contributed by atoms with Crippen molar-refractivity contribution in [1.29, 1.82) is 0 Å². The number of benzene rings is 4. The second kappa shape index (κ2) is 18.0. The number of phenols is 2. The molecule has 2 heterocycles. The van der Waals surface area contributed by atoms with Crippen LogP contribution in [0.4, 0.5) is 4.79 Å². The Hall–Kier alpha value is -5.88. The van der Waals surface area contributed by atoms with Crippen molar-refractivity contribution in [2.45, 2.75) is 70.3 Å². The van der Waals surface area contributed by atoms with Gasteiger partial charge in [0.05, 0.1) is 13.2 Å². The standard InChI is InChI=1S/C43H48N4O8/c1-29(2)25-38-42(52)46-37(27-33-15-19-35(49)20-16-33)41(51)45(28-39(46)47(55-38)43(53)54-24-22-31-11-7-4-8-12-31)36(26-32-13-17-34(48)18-14-32)40(50)44-23-21-30-9-5-3-6-10-30/h3-20,29,36-39,48-49H,21-28H2,1-2H3,(H,44,50)/t36-,37-,38+,39?/m0/s1. The monoisotopic (exact) mass is 748 g/mol. The van der Waals surface area contributed by atoms with Crippen molar-refractivity contribution in [3.05, 3.63) is 131 Å². The van der Waals surface area contributed by atoms with Crippen molar-refractivity contribution in [3.63, 3.8) is 0 Å². The maximum Gasteiger partial charge on any atom is 0.436 e. The van der Waals surface area contributed by atoms with Gasteiger partial charge >= 0.3 is 6.09 Å². The predicted octanol–water partition coefficient (Wildman–Crippen LogP) is 5.02. The Labute approximate surface area is 321 Å². The van der Waals surface area contributed by atoms with E-state index in [2.05, 4.69) is 5.32 Å². The van der Waals surface area contributed by atoms with Gasteiger partial charge in [0.15, 0.2) is 12.3 Å². The lowest BCUT2D eigenvalue weighted by molar-refractivity contribution is -0.269. The number of carbonyl (C=O) groups is 4. The zero-order valence-corrected chi connectivity index (χ0v) is 31.1. The second-order valence-electron chi connectivity index (χ2n) is 14.4. The van der Waals surface area contributed by atoms with Crippen molar-refractivity contribution >= 4 is 23.8 Å². The Bertz CT molecular complexity index is 1910. The molecule has 2 aliphatic rings. The molecule has 0 saturated carbocycles. The minimum Gasteiger partial charge on any atom is -0.508 e. The molecule has 55 heavy (non-hydrogen) atoms. The van der Waals surface area contributed by atoms with Crippen LogP contribution in [0.15, 0.2) is 109 Å². The van der Waals surface area contributed by atoms with Crippen molar-refractivity contribution < 1.29 is 39.0 Å². The number of carbonyl (C=O) groups excluding carboxylic acids is 4. The van der Waals surface area contributed by atoms with Crippen LogP contribution in [-0.4, -0.2) is 92.9 Å². The number of phenolic OH excluding ortho intramolecular Hbond substituents is 2. The summed E-state index contributed by atoms with van der Waals surface area (Å²) in [5.41, 5.74) is 3.36. The number of hydrogen-bond donors (Lipinski definition) is 3. The van der Waals surface area contributed by atoms with Gasteiger partial charge in [0.2, 0.25) is 11.8 Å². The number of hydrogen-bond acceptors (Lipinski definition) is 8. The molecule has 4 aromatic carbocycles. The topological polar surface area (TPSA) is 149 Å². The van der Waals surface area contributed by atoms with E-state index in [0.717, 1.165) is 16.2 Å². The molecule has 2 fully saturated rings. The predicted molar refractivity (Wildman–Crippen MR) is 204 cm³/mol. The molecule has 0 spiro atoms. The highest BCUT2D eigenvalue weighted by Crippen LogP contribution is 2.33. The molecule has 0 aliphatic carbocycles. The Morgan fingerprint density at radius 3 is 1.96 bits per heavy atom. The third kappa shape index (κ3) is 9.81. The lowest BCUT2D eigenvalue weighted by Gasteiger charge is -2.53. The van der Waals surface area contributed by atoms with Gasteiger partial charge in [0, 0.05) is 25.8 Å². The van der Waals surface area contributed by atoms with Gasteiger partial charge < -0.3 is 30.1 Å². The Balaban J connectivity index is 1.35. The van der Waals surface area contributed by atoms with Crippen LogP contribution < -0.4 is 5.32 Å². The highest BCUT2D eigenvalue weighted by molar-refractivity contribution is 5.95. The number of ether oxygens (including phenoxy) is 1. The lowest BCUT2D eigenvalue weighted by Crippen LogP contribution is -2.75. The normalized spacial score (nSPS) is 18.9. The zero-order valence-electron chi connectivity index (χ0n) is 31.1. The largest absolute Gasteiger partial charge is 0.508 e. The third-order valence-corrected chi connectivity index (χ3v) is 9.92. The van der Waals surface area contributed by atoms with Gasteiger partial charge in [-0.3, -0.25) is 19.2 Å². The molecule has 1 unspecified atom stereocenters. The average molecular weight is 749 g/mol. The number of rotatable bonds is 14.